The molecule has 9 heteroatoms. The van der Waals surface area contributed by atoms with Crippen LogP contribution in [-0.2, 0) is 14.8 Å². The Bertz CT molecular complexity index is 1030. The molecule has 2 aromatic carbocycles. The maximum atomic E-state index is 12.4. The van der Waals surface area contributed by atoms with Gasteiger partial charge in [-0.05, 0) is 67.8 Å². The van der Waals surface area contributed by atoms with Gasteiger partial charge in [-0.2, -0.15) is 0 Å². The van der Waals surface area contributed by atoms with Crippen LogP contribution in [0.2, 0.25) is 0 Å². The van der Waals surface area contributed by atoms with Crippen LogP contribution in [0.25, 0.3) is 0 Å². The predicted molar refractivity (Wildman–Crippen MR) is 113 cm³/mol. The molecule has 1 aliphatic rings. The molecule has 0 bridgehead atoms. The van der Waals surface area contributed by atoms with E-state index in [9.17, 15) is 18.0 Å². The molecule has 0 saturated heterocycles. The average molecular weight is 432 g/mol. The number of aryl methyl sites for hydroxylation is 1. The summed E-state index contributed by atoms with van der Waals surface area (Å²) in [5, 5.41) is 5.48. The Hall–Kier alpha value is -2.91. The van der Waals surface area contributed by atoms with Gasteiger partial charge in [0.05, 0.1) is 12.0 Å². The van der Waals surface area contributed by atoms with Crippen LogP contribution in [0.3, 0.4) is 0 Å². The number of carbonyl (C=O) groups excluding carboxylic acids is 2. The van der Waals surface area contributed by atoms with Gasteiger partial charge in [-0.1, -0.05) is 0 Å². The fraction of sp³-hybridized carbons (Fsp3) is 0.333. The van der Waals surface area contributed by atoms with E-state index >= 15 is 0 Å². The van der Waals surface area contributed by atoms with E-state index in [0.29, 0.717) is 22.6 Å². The lowest BCUT2D eigenvalue weighted by atomic mass is 10.2. The van der Waals surface area contributed by atoms with Crippen LogP contribution in [-0.4, -0.2) is 40.4 Å². The van der Waals surface area contributed by atoms with Crippen molar-refractivity contribution in [2.24, 2.45) is 5.92 Å². The fourth-order valence-corrected chi connectivity index (χ4v) is 3.98. The number of sulfonamides is 1. The normalized spacial score (nSPS) is 13.5. The van der Waals surface area contributed by atoms with Crippen molar-refractivity contribution in [3.63, 3.8) is 0 Å². The topological polar surface area (TPSA) is 114 Å². The highest BCUT2D eigenvalue weighted by atomic mass is 32.2. The number of ether oxygens (including phenoxy) is 1. The third-order valence-corrected chi connectivity index (χ3v) is 6.20. The molecule has 2 aromatic rings. The number of hydrogen-bond donors (Lipinski definition) is 3. The Kier molecular flexibility index (Phi) is 6.73. The Morgan fingerprint density at radius 2 is 1.77 bits per heavy atom. The van der Waals surface area contributed by atoms with Crippen LogP contribution in [0, 0.1) is 12.8 Å². The fourth-order valence-electron chi connectivity index (χ4n) is 2.86. The minimum atomic E-state index is -3.69. The third kappa shape index (κ3) is 5.58. The van der Waals surface area contributed by atoms with Crippen molar-refractivity contribution in [1.82, 2.24) is 10.0 Å². The van der Waals surface area contributed by atoms with Crippen molar-refractivity contribution in [3.05, 3.63) is 53.6 Å². The van der Waals surface area contributed by atoms with Crippen molar-refractivity contribution in [2.75, 3.05) is 25.5 Å². The van der Waals surface area contributed by atoms with E-state index in [-0.39, 0.29) is 35.7 Å². The molecular formula is C21H25N3O5S. The third-order valence-electron chi connectivity index (χ3n) is 4.74. The Balaban J connectivity index is 1.46. The molecule has 3 N–H and O–H groups in total. The number of nitrogens with one attached hydrogen (secondary N) is 3. The molecule has 0 aromatic heterocycles. The molecule has 1 fully saturated rings. The van der Waals surface area contributed by atoms with Gasteiger partial charge in [0.25, 0.3) is 5.91 Å². The SMILES string of the molecule is COc1ccc(S(=O)(=O)NCCNC(=O)c2ccc(NC(=O)C3CC3)cc2)cc1C. The molecule has 2 amide bonds. The van der Waals surface area contributed by atoms with Crippen LogP contribution in [0.4, 0.5) is 5.69 Å². The summed E-state index contributed by atoms with van der Waals surface area (Å²) in [6.45, 7) is 1.95. The van der Waals surface area contributed by atoms with Crippen molar-refractivity contribution in [1.29, 1.82) is 0 Å². The average Bonchev–Trinajstić information content (AvgIpc) is 3.57. The van der Waals surface area contributed by atoms with Crippen molar-refractivity contribution in [2.45, 2.75) is 24.7 Å². The standard InChI is InChI=1S/C21H25N3O5S/c1-14-13-18(9-10-19(14)29-2)30(27,28)23-12-11-22-20(25)15-5-7-17(8-6-15)24-21(26)16-3-4-16/h5-10,13,16,23H,3-4,11-12H2,1-2H3,(H,22,25)(H,24,26). The van der Waals surface area contributed by atoms with Crippen molar-refractivity contribution >= 4 is 27.5 Å². The van der Waals surface area contributed by atoms with Gasteiger partial charge in [0.15, 0.2) is 0 Å². The first-order valence-corrected chi connectivity index (χ1v) is 11.1. The highest BCUT2D eigenvalue weighted by Crippen LogP contribution is 2.30. The van der Waals surface area contributed by atoms with Gasteiger partial charge in [-0.3, -0.25) is 9.59 Å². The number of benzene rings is 2. The monoisotopic (exact) mass is 431 g/mol. The molecule has 8 nitrogen and oxygen atoms in total. The van der Waals surface area contributed by atoms with E-state index in [1.165, 1.54) is 19.2 Å². The van der Waals surface area contributed by atoms with E-state index in [1.807, 2.05) is 0 Å². The number of rotatable bonds is 9. The zero-order chi connectivity index (χ0) is 21.7. The minimum absolute atomic E-state index is 0.00605. The highest BCUT2D eigenvalue weighted by Gasteiger charge is 2.29. The molecule has 0 radical (unpaired) electrons. The number of hydrogen-bond acceptors (Lipinski definition) is 5. The van der Waals surface area contributed by atoms with E-state index in [0.717, 1.165) is 12.8 Å². The molecule has 0 spiro atoms. The van der Waals surface area contributed by atoms with Gasteiger partial charge in [-0.25, -0.2) is 13.1 Å². The Morgan fingerprint density at radius 3 is 2.37 bits per heavy atom. The molecule has 0 aliphatic heterocycles. The molecule has 3 rings (SSSR count). The van der Waals surface area contributed by atoms with E-state index < -0.39 is 10.0 Å². The summed E-state index contributed by atoms with van der Waals surface area (Å²) < 4.78 is 32.4. The molecule has 0 atom stereocenters. The summed E-state index contributed by atoms with van der Waals surface area (Å²) in [7, 11) is -2.16. The van der Waals surface area contributed by atoms with Crippen LogP contribution >= 0.6 is 0 Å². The van der Waals surface area contributed by atoms with Gasteiger partial charge in [0.1, 0.15) is 5.75 Å². The lowest BCUT2D eigenvalue weighted by molar-refractivity contribution is -0.117. The Morgan fingerprint density at radius 1 is 1.07 bits per heavy atom. The molecule has 1 aliphatic carbocycles. The summed E-state index contributed by atoms with van der Waals surface area (Å²) >= 11 is 0. The maximum absolute atomic E-state index is 12.4. The first-order chi connectivity index (χ1) is 14.3. The summed E-state index contributed by atoms with van der Waals surface area (Å²) in [5.74, 6) is 0.402. The second-order valence-electron chi connectivity index (χ2n) is 7.13. The maximum Gasteiger partial charge on any atom is 0.251 e. The van der Waals surface area contributed by atoms with E-state index in [1.54, 1.807) is 37.3 Å². The molecule has 30 heavy (non-hydrogen) atoms. The number of anilines is 1. The lowest BCUT2D eigenvalue weighted by Gasteiger charge is -2.10. The van der Waals surface area contributed by atoms with Crippen LogP contribution in [0.1, 0.15) is 28.8 Å². The van der Waals surface area contributed by atoms with Gasteiger partial charge in [-0.15, -0.1) is 0 Å². The molecule has 160 valence electrons. The first-order valence-electron chi connectivity index (χ1n) is 9.63. The van der Waals surface area contributed by atoms with Crippen LogP contribution < -0.4 is 20.1 Å². The quantitative estimate of drug-likeness (QED) is 0.526. The van der Waals surface area contributed by atoms with Gasteiger partial charge in [0, 0.05) is 30.3 Å². The minimum Gasteiger partial charge on any atom is -0.496 e. The lowest BCUT2D eigenvalue weighted by Crippen LogP contribution is -2.34. The number of methoxy groups -OCH3 is 1. The smallest absolute Gasteiger partial charge is 0.251 e. The predicted octanol–water partition coefficient (Wildman–Crippen LogP) is 2.06. The Labute approximate surface area is 176 Å². The molecule has 0 heterocycles. The van der Waals surface area contributed by atoms with E-state index in [2.05, 4.69) is 15.4 Å². The zero-order valence-electron chi connectivity index (χ0n) is 16.9. The molecule has 1 saturated carbocycles. The number of carbonyl (C=O) groups is 2. The molecule has 0 unspecified atom stereocenters. The van der Waals surface area contributed by atoms with Gasteiger partial charge in [0.2, 0.25) is 15.9 Å². The van der Waals surface area contributed by atoms with Crippen molar-refractivity contribution < 1.29 is 22.7 Å². The molecular weight excluding hydrogens is 406 g/mol. The van der Waals surface area contributed by atoms with Crippen LogP contribution in [0.15, 0.2) is 47.4 Å². The second kappa shape index (κ2) is 9.27. The summed E-state index contributed by atoms with van der Waals surface area (Å²) in [6, 6.07) is 11.2. The van der Waals surface area contributed by atoms with Crippen molar-refractivity contribution in [3.8, 4) is 5.75 Å². The van der Waals surface area contributed by atoms with Gasteiger partial charge >= 0.3 is 0 Å². The largest absolute Gasteiger partial charge is 0.496 e. The first kappa shape index (κ1) is 21.8. The summed E-state index contributed by atoms with van der Waals surface area (Å²) in [4.78, 5) is 24.1. The van der Waals surface area contributed by atoms with Crippen LogP contribution in [0.5, 0.6) is 5.75 Å². The van der Waals surface area contributed by atoms with E-state index in [4.69, 9.17) is 4.74 Å². The number of amides is 2. The zero-order valence-corrected chi connectivity index (χ0v) is 17.7. The summed E-state index contributed by atoms with van der Waals surface area (Å²) in [5.41, 5.74) is 1.78. The summed E-state index contributed by atoms with van der Waals surface area (Å²) in [6.07, 6.45) is 1.85. The second-order valence-corrected chi connectivity index (χ2v) is 8.89. The van der Waals surface area contributed by atoms with Gasteiger partial charge < -0.3 is 15.4 Å². The highest BCUT2D eigenvalue weighted by molar-refractivity contribution is 7.89.